The van der Waals surface area contributed by atoms with Gasteiger partial charge in [0.05, 0.1) is 11.2 Å². The Morgan fingerprint density at radius 3 is 2.47 bits per heavy atom. The van der Waals surface area contributed by atoms with Crippen molar-refractivity contribution in [2.45, 2.75) is 0 Å². The van der Waals surface area contributed by atoms with Gasteiger partial charge in [0.2, 0.25) is 5.95 Å². The van der Waals surface area contributed by atoms with E-state index in [1.54, 1.807) is 18.2 Å². The minimum absolute atomic E-state index is 0.180. The van der Waals surface area contributed by atoms with E-state index < -0.39 is 0 Å². The first-order valence-corrected chi connectivity index (χ1v) is 6.45. The third-order valence-electron chi connectivity index (χ3n) is 2.81. The lowest BCUT2D eigenvalue weighted by molar-refractivity contribution is 0.476. The predicted molar refractivity (Wildman–Crippen MR) is 78.8 cm³/mol. The largest absolute Gasteiger partial charge is 0.508 e. The molecule has 0 amide bonds. The number of halogens is 1. The van der Waals surface area contributed by atoms with E-state index in [1.165, 1.54) is 0 Å². The zero-order chi connectivity index (χ0) is 13.4. The highest BCUT2D eigenvalue weighted by molar-refractivity contribution is 9.10. The zero-order valence-electron chi connectivity index (χ0n) is 9.84. The number of hydrogen-bond donors (Lipinski definition) is 2. The van der Waals surface area contributed by atoms with E-state index in [4.69, 9.17) is 5.73 Å². The molecule has 94 valence electrons. The molecule has 1 heterocycles. The molecule has 5 heteroatoms. The van der Waals surface area contributed by atoms with E-state index in [9.17, 15) is 5.11 Å². The third kappa shape index (κ3) is 2.24. The molecule has 0 aliphatic heterocycles. The Hall–Kier alpha value is -2.14. The Labute approximate surface area is 118 Å². The molecule has 3 aromatic rings. The van der Waals surface area contributed by atoms with Gasteiger partial charge in [0.25, 0.3) is 0 Å². The van der Waals surface area contributed by atoms with Crippen LogP contribution in [0.25, 0.3) is 22.2 Å². The van der Waals surface area contributed by atoms with Gasteiger partial charge >= 0.3 is 0 Å². The van der Waals surface area contributed by atoms with Gasteiger partial charge in [-0.05, 0) is 30.3 Å². The molecule has 0 atom stereocenters. The van der Waals surface area contributed by atoms with Crippen LogP contribution in [-0.4, -0.2) is 15.1 Å². The fraction of sp³-hybridized carbons (Fsp3) is 0. The zero-order valence-corrected chi connectivity index (χ0v) is 11.4. The summed E-state index contributed by atoms with van der Waals surface area (Å²) in [5.41, 5.74) is 8.09. The normalized spacial score (nSPS) is 10.8. The van der Waals surface area contributed by atoms with Crippen molar-refractivity contribution in [3.8, 4) is 17.0 Å². The van der Waals surface area contributed by atoms with Crippen molar-refractivity contribution in [3.05, 3.63) is 46.9 Å². The van der Waals surface area contributed by atoms with Crippen LogP contribution in [0.2, 0.25) is 0 Å². The molecule has 0 saturated heterocycles. The lowest BCUT2D eigenvalue weighted by Crippen LogP contribution is -1.98. The molecule has 2 aromatic carbocycles. The Kier molecular flexibility index (Phi) is 2.83. The number of fused-ring (bicyclic) bond motifs is 1. The second kappa shape index (κ2) is 4.51. The molecular weight excluding hydrogens is 306 g/mol. The topological polar surface area (TPSA) is 72.0 Å². The molecule has 0 saturated carbocycles. The van der Waals surface area contributed by atoms with Crippen LogP contribution in [0.1, 0.15) is 0 Å². The lowest BCUT2D eigenvalue weighted by Gasteiger charge is -2.07. The number of phenols is 1. The van der Waals surface area contributed by atoms with E-state index in [1.807, 2.05) is 24.3 Å². The number of nitrogens with zero attached hydrogens (tertiary/aromatic N) is 2. The van der Waals surface area contributed by atoms with Gasteiger partial charge in [-0.25, -0.2) is 9.97 Å². The maximum absolute atomic E-state index is 9.62. The minimum Gasteiger partial charge on any atom is -0.508 e. The fourth-order valence-electron chi connectivity index (χ4n) is 1.96. The van der Waals surface area contributed by atoms with Gasteiger partial charge in [-0.2, -0.15) is 0 Å². The van der Waals surface area contributed by atoms with Crippen LogP contribution in [0, 0.1) is 0 Å². The summed E-state index contributed by atoms with van der Waals surface area (Å²) in [7, 11) is 0. The quantitative estimate of drug-likeness (QED) is 0.722. The van der Waals surface area contributed by atoms with Crippen LogP contribution < -0.4 is 5.73 Å². The van der Waals surface area contributed by atoms with E-state index in [0.29, 0.717) is 11.2 Å². The van der Waals surface area contributed by atoms with Crippen molar-refractivity contribution >= 4 is 32.8 Å². The Balaban J connectivity index is 2.32. The van der Waals surface area contributed by atoms with Crippen LogP contribution >= 0.6 is 15.9 Å². The highest BCUT2D eigenvalue weighted by Crippen LogP contribution is 2.29. The number of nitrogen functional groups attached to an aromatic ring is 1. The van der Waals surface area contributed by atoms with E-state index in [-0.39, 0.29) is 11.7 Å². The molecule has 1 aromatic heterocycles. The van der Waals surface area contributed by atoms with Gasteiger partial charge in [0, 0.05) is 15.4 Å². The number of hydrogen-bond acceptors (Lipinski definition) is 4. The predicted octanol–water partition coefficient (Wildman–Crippen LogP) is 3.35. The maximum atomic E-state index is 9.62. The Morgan fingerprint density at radius 2 is 1.74 bits per heavy atom. The molecule has 19 heavy (non-hydrogen) atoms. The number of nitrogens with two attached hydrogens (primary N) is 1. The first kappa shape index (κ1) is 11.9. The van der Waals surface area contributed by atoms with Crippen molar-refractivity contribution < 1.29 is 5.11 Å². The molecule has 0 aliphatic rings. The number of anilines is 1. The van der Waals surface area contributed by atoms with Crippen LogP contribution in [0.4, 0.5) is 5.95 Å². The summed E-state index contributed by atoms with van der Waals surface area (Å²) in [6.45, 7) is 0. The highest BCUT2D eigenvalue weighted by Gasteiger charge is 2.09. The van der Waals surface area contributed by atoms with Crippen LogP contribution in [0.3, 0.4) is 0 Å². The highest BCUT2D eigenvalue weighted by atomic mass is 79.9. The molecule has 4 nitrogen and oxygen atoms in total. The van der Waals surface area contributed by atoms with Gasteiger partial charge in [0.15, 0.2) is 0 Å². The molecular formula is C14H10BrN3O. The second-order valence-electron chi connectivity index (χ2n) is 4.14. The fourth-order valence-corrected chi connectivity index (χ4v) is 2.23. The Bertz CT molecular complexity index is 756. The number of phenolic OH excluding ortho intramolecular Hbond substituents is 1. The first-order chi connectivity index (χ1) is 9.13. The van der Waals surface area contributed by atoms with Crippen molar-refractivity contribution in [1.29, 1.82) is 0 Å². The summed E-state index contributed by atoms with van der Waals surface area (Å²) in [5.74, 6) is 0.398. The minimum atomic E-state index is 0.180. The number of aromatic nitrogens is 2. The van der Waals surface area contributed by atoms with Gasteiger partial charge in [-0.15, -0.1) is 0 Å². The lowest BCUT2D eigenvalue weighted by atomic mass is 10.1. The SMILES string of the molecule is Nc1nc(-c2ccc(Br)cc2)c2cc(O)ccc2n1. The van der Waals surface area contributed by atoms with E-state index in [2.05, 4.69) is 25.9 Å². The summed E-state index contributed by atoms with van der Waals surface area (Å²) < 4.78 is 0.991. The number of benzene rings is 2. The molecule has 0 unspecified atom stereocenters. The summed E-state index contributed by atoms with van der Waals surface area (Å²) in [6, 6.07) is 12.7. The van der Waals surface area contributed by atoms with Crippen LogP contribution in [0.5, 0.6) is 5.75 Å². The average molecular weight is 316 g/mol. The summed E-state index contributed by atoms with van der Waals surface area (Å²) >= 11 is 3.40. The molecule has 3 rings (SSSR count). The van der Waals surface area contributed by atoms with Crippen molar-refractivity contribution in [2.24, 2.45) is 0 Å². The first-order valence-electron chi connectivity index (χ1n) is 5.66. The van der Waals surface area contributed by atoms with Gasteiger partial charge < -0.3 is 10.8 Å². The number of aromatic hydroxyl groups is 1. The van der Waals surface area contributed by atoms with Gasteiger partial charge in [0.1, 0.15) is 5.75 Å². The van der Waals surface area contributed by atoms with Crippen LogP contribution in [0.15, 0.2) is 46.9 Å². The molecule has 0 aliphatic carbocycles. The maximum Gasteiger partial charge on any atom is 0.221 e. The molecule has 0 bridgehead atoms. The van der Waals surface area contributed by atoms with Crippen LogP contribution in [-0.2, 0) is 0 Å². The standard InChI is InChI=1S/C14H10BrN3O/c15-9-3-1-8(2-4-9)13-11-7-10(19)5-6-12(11)17-14(16)18-13/h1-7,19H,(H2,16,17,18). The summed E-state index contributed by atoms with van der Waals surface area (Å²) in [4.78, 5) is 8.45. The molecule has 0 radical (unpaired) electrons. The number of rotatable bonds is 1. The average Bonchev–Trinajstić information content (AvgIpc) is 2.39. The van der Waals surface area contributed by atoms with Gasteiger partial charge in [-0.1, -0.05) is 28.1 Å². The van der Waals surface area contributed by atoms with E-state index in [0.717, 1.165) is 15.4 Å². The van der Waals surface area contributed by atoms with Crippen molar-refractivity contribution in [2.75, 3.05) is 5.73 Å². The molecule has 3 N–H and O–H groups in total. The molecule has 0 fully saturated rings. The van der Waals surface area contributed by atoms with E-state index >= 15 is 0 Å². The second-order valence-corrected chi connectivity index (χ2v) is 5.05. The Morgan fingerprint density at radius 1 is 1.00 bits per heavy atom. The van der Waals surface area contributed by atoms with Gasteiger partial charge in [-0.3, -0.25) is 0 Å². The van der Waals surface area contributed by atoms with Crippen molar-refractivity contribution in [3.63, 3.8) is 0 Å². The third-order valence-corrected chi connectivity index (χ3v) is 3.34. The monoisotopic (exact) mass is 315 g/mol. The summed E-state index contributed by atoms with van der Waals surface area (Å²) in [6.07, 6.45) is 0. The van der Waals surface area contributed by atoms with Crippen molar-refractivity contribution in [1.82, 2.24) is 9.97 Å². The smallest absolute Gasteiger partial charge is 0.221 e. The summed E-state index contributed by atoms with van der Waals surface area (Å²) in [5, 5.41) is 10.4. The molecule has 0 spiro atoms.